The van der Waals surface area contributed by atoms with Crippen LogP contribution in [0.4, 0.5) is 0 Å². The van der Waals surface area contributed by atoms with Gasteiger partial charge in [-0.25, -0.2) is 0 Å². The van der Waals surface area contributed by atoms with Crippen LogP contribution >= 0.6 is 0 Å². The van der Waals surface area contributed by atoms with Gasteiger partial charge in [-0.1, -0.05) is 0 Å². The van der Waals surface area contributed by atoms with Crippen molar-refractivity contribution in [1.82, 2.24) is 0 Å². The predicted molar refractivity (Wildman–Crippen MR) is 91.4 cm³/mol. The summed E-state index contributed by atoms with van der Waals surface area (Å²) >= 11 is 0. The zero-order valence-electron chi connectivity index (χ0n) is 14.6. The highest BCUT2D eigenvalue weighted by Gasteiger charge is 2.75. The Bertz CT molecular complexity index is 805. The van der Waals surface area contributed by atoms with Crippen molar-refractivity contribution in [2.75, 3.05) is 6.54 Å². The van der Waals surface area contributed by atoms with Crippen LogP contribution in [0.15, 0.2) is 6.07 Å². The van der Waals surface area contributed by atoms with E-state index in [4.69, 9.17) is 4.74 Å². The summed E-state index contributed by atoms with van der Waals surface area (Å²) in [7, 11) is 0. The third kappa shape index (κ3) is 1.42. The van der Waals surface area contributed by atoms with Crippen LogP contribution in [0, 0.1) is 12.1 Å². The molecular formula is C20H25NO4. The molecule has 2 heterocycles. The number of hydroxylamine groups is 3. The Kier molecular flexibility index (Phi) is 2.47. The number of hydrogen-bond acceptors (Lipinski definition) is 4. The highest BCUT2D eigenvalue weighted by molar-refractivity contribution is 5.64. The number of nitrogens with zero attached hydrogens (tertiary/aromatic N) is 1. The van der Waals surface area contributed by atoms with E-state index in [1.807, 2.05) is 6.92 Å². The summed E-state index contributed by atoms with van der Waals surface area (Å²) in [6.07, 6.45) is 5.63. The lowest BCUT2D eigenvalue weighted by molar-refractivity contribution is -0.932. The van der Waals surface area contributed by atoms with Crippen LogP contribution in [0.5, 0.6) is 11.5 Å². The molecule has 0 aromatic heterocycles. The van der Waals surface area contributed by atoms with Gasteiger partial charge in [0.1, 0.15) is 17.7 Å². The maximum absolute atomic E-state index is 13.9. The molecule has 5 heteroatoms. The van der Waals surface area contributed by atoms with E-state index in [1.165, 1.54) is 0 Å². The Hall–Kier alpha value is -1.30. The molecular weight excluding hydrogens is 318 g/mol. The quantitative estimate of drug-likeness (QED) is 0.607. The molecule has 0 amide bonds. The standard InChI is InChI=1S/C20H25NO4/c1-11-9-14(22)18-17-13(11)10-15-20(23)6-2-3-16(25-18)19(17,20)7-8-21(15,24)12-4-5-12/h9,12,15-16,22-23H,2-8,10H2,1H3/t15-,16+,19-,20-,21?/m1/s1. The molecule has 2 aliphatic heterocycles. The van der Waals surface area contributed by atoms with Gasteiger partial charge in [0.15, 0.2) is 11.5 Å². The van der Waals surface area contributed by atoms with Crippen LogP contribution in [0.3, 0.4) is 0 Å². The minimum Gasteiger partial charge on any atom is -0.632 e. The van der Waals surface area contributed by atoms with Gasteiger partial charge in [0.05, 0.1) is 18.0 Å². The summed E-state index contributed by atoms with van der Waals surface area (Å²) in [4.78, 5) is 0. The molecule has 134 valence electrons. The molecule has 5 nitrogen and oxygen atoms in total. The summed E-state index contributed by atoms with van der Waals surface area (Å²) in [5.74, 6) is 0.776. The first kappa shape index (κ1) is 14.8. The maximum atomic E-state index is 13.9. The molecule has 2 saturated carbocycles. The number of aromatic hydroxyl groups is 1. The molecule has 6 rings (SSSR count). The number of benzene rings is 1. The Labute approximate surface area is 147 Å². The molecule has 5 aliphatic rings. The molecule has 0 radical (unpaired) electrons. The van der Waals surface area contributed by atoms with Gasteiger partial charge < -0.3 is 24.8 Å². The van der Waals surface area contributed by atoms with Gasteiger partial charge in [0, 0.05) is 31.2 Å². The van der Waals surface area contributed by atoms with E-state index >= 15 is 0 Å². The van der Waals surface area contributed by atoms with Crippen molar-refractivity contribution in [3.05, 3.63) is 28.0 Å². The molecule has 25 heavy (non-hydrogen) atoms. The van der Waals surface area contributed by atoms with Crippen molar-refractivity contribution in [2.45, 2.75) is 81.1 Å². The normalized spacial score (nSPS) is 46.5. The fourth-order valence-electron chi connectivity index (χ4n) is 6.96. The number of phenols is 1. The average molecular weight is 343 g/mol. The van der Waals surface area contributed by atoms with Crippen LogP contribution in [0.25, 0.3) is 0 Å². The first-order valence-electron chi connectivity index (χ1n) is 9.75. The first-order valence-corrected chi connectivity index (χ1v) is 9.75. The van der Waals surface area contributed by atoms with Crippen LogP contribution in [0.2, 0.25) is 0 Å². The number of quaternary nitrogens is 1. The van der Waals surface area contributed by atoms with E-state index in [2.05, 4.69) is 0 Å². The average Bonchev–Trinajstić information content (AvgIpc) is 3.35. The van der Waals surface area contributed by atoms with E-state index in [1.54, 1.807) is 6.07 Å². The Balaban J connectivity index is 1.67. The van der Waals surface area contributed by atoms with E-state index in [-0.39, 0.29) is 28.6 Å². The third-order valence-corrected chi connectivity index (χ3v) is 8.14. The van der Waals surface area contributed by atoms with Crippen molar-refractivity contribution in [3.63, 3.8) is 0 Å². The van der Waals surface area contributed by atoms with Gasteiger partial charge >= 0.3 is 0 Å². The second kappa shape index (κ2) is 4.16. The van der Waals surface area contributed by atoms with Crippen LogP contribution in [0.1, 0.15) is 55.2 Å². The lowest BCUT2D eigenvalue weighted by Crippen LogP contribution is -2.79. The second-order valence-corrected chi connectivity index (χ2v) is 9.07. The number of rotatable bonds is 1. The van der Waals surface area contributed by atoms with Crippen molar-refractivity contribution in [1.29, 1.82) is 0 Å². The van der Waals surface area contributed by atoms with Crippen LogP contribution < -0.4 is 4.74 Å². The molecule has 1 aromatic carbocycles. The molecule has 1 saturated heterocycles. The third-order valence-electron chi connectivity index (χ3n) is 8.14. The molecule has 5 atom stereocenters. The summed E-state index contributed by atoms with van der Waals surface area (Å²) in [5, 5.41) is 36.4. The van der Waals surface area contributed by atoms with Crippen molar-refractivity contribution >= 4 is 0 Å². The van der Waals surface area contributed by atoms with E-state index in [0.717, 1.165) is 42.4 Å². The Morgan fingerprint density at radius 3 is 2.84 bits per heavy atom. The lowest BCUT2D eigenvalue weighted by atomic mass is 9.48. The number of likely N-dealkylation sites (tertiary alicyclic amines) is 1. The van der Waals surface area contributed by atoms with Crippen LogP contribution in [-0.2, 0) is 11.8 Å². The minimum absolute atomic E-state index is 0.108. The Morgan fingerprint density at radius 2 is 2.08 bits per heavy atom. The molecule has 1 unspecified atom stereocenters. The maximum Gasteiger partial charge on any atom is 0.165 e. The summed E-state index contributed by atoms with van der Waals surface area (Å²) in [6, 6.07) is 1.66. The number of ether oxygens (including phenoxy) is 1. The fraction of sp³-hybridized carbons (Fsp3) is 0.700. The van der Waals surface area contributed by atoms with Crippen LogP contribution in [-0.4, -0.2) is 45.2 Å². The number of aliphatic hydroxyl groups is 1. The van der Waals surface area contributed by atoms with Gasteiger partial charge in [-0.2, -0.15) is 0 Å². The van der Waals surface area contributed by atoms with Gasteiger partial charge in [-0.15, -0.1) is 0 Å². The summed E-state index contributed by atoms with van der Waals surface area (Å²) in [5.41, 5.74) is 1.73. The smallest absolute Gasteiger partial charge is 0.165 e. The Morgan fingerprint density at radius 1 is 1.28 bits per heavy atom. The van der Waals surface area contributed by atoms with Gasteiger partial charge in [-0.05, 0) is 43.4 Å². The molecule has 1 spiro atoms. The molecule has 1 aromatic rings. The molecule has 3 fully saturated rings. The number of aryl methyl sites for hydroxylation is 1. The van der Waals surface area contributed by atoms with Gasteiger partial charge in [0.2, 0.25) is 0 Å². The van der Waals surface area contributed by atoms with E-state index in [9.17, 15) is 15.4 Å². The highest BCUT2D eigenvalue weighted by Crippen LogP contribution is 2.67. The van der Waals surface area contributed by atoms with E-state index < -0.39 is 11.0 Å². The first-order chi connectivity index (χ1) is 11.9. The number of piperidine rings is 1. The minimum atomic E-state index is -1.00. The van der Waals surface area contributed by atoms with Crippen molar-refractivity contribution in [3.8, 4) is 11.5 Å². The van der Waals surface area contributed by atoms with Crippen molar-refractivity contribution in [2.24, 2.45) is 0 Å². The summed E-state index contributed by atoms with van der Waals surface area (Å²) in [6.45, 7) is 2.59. The van der Waals surface area contributed by atoms with Gasteiger partial charge in [-0.3, -0.25) is 0 Å². The number of phenolic OH excluding ortho intramolecular Hbond substituents is 1. The molecule has 2 N–H and O–H groups in total. The highest BCUT2D eigenvalue weighted by atomic mass is 16.6. The topological polar surface area (TPSA) is 72.8 Å². The van der Waals surface area contributed by atoms with Crippen molar-refractivity contribution < 1.29 is 19.6 Å². The second-order valence-electron chi connectivity index (χ2n) is 9.07. The summed E-state index contributed by atoms with van der Waals surface area (Å²) < 4.78 is 6.05. The zero-order valence-corrected chi connectivity index (χ0v) is 14.6. The van der Waals surface area contributed by atoms with Gasteiger partial charge in [0.25, 0.3) is 0 Å². The van der Waals surface area contributed by atoms with E-state index in [0.29, 0.717) is 31.6 Å². The molecule has 3 aliphatic carbocycles. The lowest BCUT2D eigenvalue weighted by Gasteiger charge is -2.67. The SMILES string of the molecule is Cc1cc(O)c2c3c1C[C@@H]1[C@]4(O)CCC[C@H](O2)[C@]34CC[N+]1([O-])C1CC1. The predicted octanol–water partition coefficient (Wildman–Crippen LogP) is 2.42. The monoisotopic (exact) mass is 343 g/mol. The zero-order chi connectivity index (χ0) is 17.2. The fourth-order valence-corrected chi connectivity index (χ4v) is 6.96. The number of hydrogen-bond donors (Lipinski definition) is 2. The molecule has 2 bridgehead atoms. The largest absolute Gasteiger partial charge is 0.632 e.